The standard InChI is InChI=1S/C21H43NO2S.Na.H/c1-2-3-4-5-6-7-8-9-10-11-12-13-14-15-16-17-18-22-20(19-25)21(23)24;;/h20,22,25H,2-19H2,1H3,(H,23,24);;. The predicted octanol–water partition coefficient (Wildman–Crippen LogP) is 5.57. The van der Waals surface area contributed by atoms with Gasteiger partial charge in [-0.25, -0.2) is 0 Å². The zero-order valence-corrected chi connectivity index (χ0v) is 17.5. The summed E-state index contributed by atoms with van der Waals surface area (Å²) < 4.78 is 0. The molecule has 26 heavy (non-hydrogen) atoms. The molecule has 0 radical (unpaired) electrons. The second-order valence-electron chi connectivity index (χ2n) is 7.33. The van der Waals surface area contributed by atoms with Gasteiger partial charge in [0.2, 0.25) is 0 Å². The second-order valence-corrected chi connectivity index (χ2v) is 7.70. The first-order chi connectivity index (χ1) is 12.2. The van der Waals surface area contributed by atoms with Crippen LogP contribution in [0.1, 0.15) is 110 Å². The third-order valence-corrected chi connectivity index (χ3v) is 5.27. The van der Waals surface area contributed by atoms with Crippen molar-refractivity contribution in [3.63, 3.8) is 0 Å². The maximum atomic E-state index is 10.8. The summed E-state index contributed by atoms with van der Waals surface area (Å²) in [6.45, 7) is 3.06. The Kier molecular flexibility index (Phi) is 26.6. The van der Waals surface area contributed by atoms with Crippen LogP contribution in [0.3, 0.4) is 0 Å². The Morgan fingerprint density at radius 3 is 1.42 bits per heavy atom. The van der Waals surface area contributed by atoms with Crippen LogP contribution in [-0.2, 0) is 4.79 Å². The molecule has 0 saturated heterocycles. The molecule has 3 nitrogen and oxygen atoms in total. The van der Waals surface area contributed by atoms with Crippen molar-refractivity contribution >= 4 is 48.2 Å². The van der Waals surface area contributed by atoms with Crippen molar-refractivity contribution < 1.29 is 9.90 Å². The fraction of sp³-hybridized carbons (Fsp3) is 0.952. The Morgan fingerprint density at radius 2 is 1.12 bits per heavy atom. The molecular formula is C21H44NNaO2S. The third-order valence-electron chi connectivity index (χ3n) is 4.90. The molecule has 1 unspecified atom stereocenters. The molecule has 152 valence electrons. The average Bonchev–Trinajstić information content (AvgIpc) is 2.60. The zero-order valence-electron chi connectivity index (χ0n) is 16.6. The molecule has 0 rings (SSSR count). The number of carbonyl (C=O) groups is 1. The summed E-state index contributed by atoms with van der Waals surface area (Å²) in [5, 5.41) is 11.9. The Morgan fingerprint density at radius 1 is 0.769 bits per heavy atom. The molecule has 0 saturated carbocycles. The van der Waals surface area contributed by atoms with Crippen LogP contribution in [0, 0.1) is 0 Å². The summed E-state index contributed by atoms with van der Waals surface area (Å²) in [6.07, 6.45) is 21.8. The van der Waals surface area contributed by atoms with Crippen LogP contribution < -0.4 is 5.32 Å². The molecular weight excluding hydrogens is 353 g/mol. The molecule has 1 atom stereocenters. The minimum atomic E-state index is -0.800. The van der Waals surface area contributed by atoms with E-state index >= 15 is 0 Å². The first-order valence-electron chi connectivity index (χ1n) is 10.8. The summed E-state index contributed by atoms with van der Waals surface area (Å²) in [5.41, 5.74) is 0. The summed E-state index contributed by atoms with van der Waals surface area (Å²) in [5.74, 6) is -0.444. The van der Waals surface area contributed by atoms with Crippen LogP contribution in [0.4, 0.5) is 0 Å². The van der Waals surface area contributed by atoms with Crippen molar-refractivity contribution in [3.8, 4) is 0 Å². The van der Waals surface area contributed by atoms with E-state index < -0.39 is 12.0 Å². The zero-order chi connectivity index (χ0) is 18.6. The molecule has 0 spiro atoms. The van der Waals surface area contributed by atoms with Crippen molar-refractivity contribution in [2.75, 3.05) is 12.3 Å². The van der Waals surface area contributed by atoms with Crippen LogP contribution in [0.15, 0.2) is 0 Å². The second kappa shape index (κ2) is 23.8. The van der Waals surface area contributed by atoms with Gasteiger partial charge >= 0.3 is 35.5 Å². The summed E-state index contributed by atoms with van der Waals surface area (Å²) in [7, 11) is 0. The number of hydrogen-bond acceptors (Lipinski definition) is 3. The monoisotopic (exact) mass is 397 g/mol. The van der Waals surface area contributed by atoms with Gasteiger partial charge in [0.25, 0.3) is 0 Å². The first-order valence-corrected chi connectivity index (χ1v) is 11.4. The summed E-state index contributed by atoms with van der Waals surface area (Å²) in [6, 6.07) is -0.500. The Labute approximate surface area is 190 Å². The van der Waals surface area contributed by atoms with E-state index in [1.807, 2.05) is 0 Å². The minimum absolute atomic E-state index is 0. The van der Waals surface area contributed by atoms with Crippen molar-refractivity contribution in [2.45, 2.75) is 116 Å². The van der Waals surface area contributed by atoms with E-state index in [9.17, 15) is 4.79 Å². The Bertz CT molecular complexity index is 293. The molecule has 0 fully saturated rings. The SMILES string of the molecule is CCCCCCCCCCCCCCCCCCNC(CS)C(=O)O.[NaH]. The number of hydrogen-bond donors (Lipinski definition) is 3. The number of carboxylic acid groups (broad SMARTS) is 1. The molecule has 5 heteroatoms. The van der Waals surface area contributed by atoms with Gasteiger partial charge in [0, 0.05) is 5.75 Å². The van der Waals surface area contributed by atoms with Gasteiger partial charge in [-0.15, -0.1) is 0 Å². The van der Waals surface area contributed by atoms with Gasteiger partial charge in [0.15, 0.2) is 0 Å². The van der Waals surface area contributed by atoms with E-state index in [0.29, 0.717) is 5.75 Å². The van der Waals surface area contributed by atoms with Gasteiger partial charge in [-0.05, 0) is 13.0 Å². The van der Waals surface area contributed by atoms with Gasteiger partial charge in [-0.1, -0.05) is 103 Å². The molecule has 0 aliphatic carbocycles. The van der Waals surface area contributed by atoms with Gasteiger partial charge in [-0.2, -0.15) is 12.6 Å². The average molecular weight is 398 g/mol. The molecule has 0 aromatic rings. The molecule has 0 aliphatic heterocycles. The molecule has 0 bridgehead atoms. The molecule has 0 amide bonds. The van der Waals surface area contributed by atoms with Crippen LogP contribution >= 0.6 is 12.6 Å². The third kappa shape index (κ3) is 21.1. The van der Waals surface area contributed by atoms with E-state index in [4.69, 9.17) is 5.11 Å². The van der Waals surface area contributed by atoms with Crippen LogP contribution in [-0.4, -0.2) is 59.0 Å². The van der Waals surface area contributed by atoms with Gasteiger partial charge in [0.05, 0.1) is 0 Å². The van der Waals surface area contributed by atoms with E-state index in [1.54, 1.807) is 0 Å². The van der Waals surface area contributed by atoms with Crippen molar-refractivity contribution in [3.05, 3.63) is 0 Å². The van der Waals surface area contributed by atoms with Crippen molar-refractivity contribution in [1.29, 1.82) is 0 Å². The molecule has 0 aromatic heterocycles. The van der Waals surface area contributed by atoms with Crippen molar-refractivity contribution in [1.82, 2.24) is 5.32 Å². The van der Waals surface area contributed by atoms with Crippen molar-refractivity contribution in [2.24, 2.45) is 0 Å². The summed E-state index contributed by atoms with van der Waals surface area (Å²) >= 11 is 4.05. The van der Waals surface area contributed by atoms with E-state index in [2.05, 4.69) is 24.9 Å². The molecule has 0 aliphatic rings. The quantitative estimate of drug-likeness (QED) is 0.143. The van der Waals surface area contributed by atoms with Gasteiger partial charge in [0.1, 0.15) is 6.04 Å². The molecule has 0 heterocycles. The normalized spacial score (nSPS) is 11.9. The van der Waals surface area contributed by atoms with Crippen LogP contribution in [0.5, 0.6) is 0 Å². The van der Waals surface area contributed by atoms with Gasteiger partial charge < -0.3 is 10.4 Å². The van der Waals surface area contributed by atoms with Gasteiger partial charge in [-0.3, -0.25) is 4.79 Å². The number of nitrogens with one attached hydrogen (secondary N) is 1. The number of carboxylic acids is 1. The van der Waals surface area contributed by atoms with E-state index in [1.165, 1.54) is 96.3 Å². The maximum absolute atomic E-state index is 10.8. The number of aliphatic carboxylic acids is 1. The van der Waals surface area contributed by atoms with Crippen LogP contribution in [0.25, 0.3) is 0 Å². The topological polar surface area (TPSA) is 49.3 Å². The van der Waals surface area contributed by atoms with E-state index in [0.717, 1.165) is 13.0 Å². The fourth-order valence-corrected chi connectivity index (χ4v) is 3.46. The number of rotatable bonds is 20. The predicted molar refractivity (Wildman–Crippen MR) is 120 cm³/mol. The number of thiol groups is 1. The van der Waals surface area contributed by atoms with E-state index in [-0.39, 0.29) is 29.6 Å². The van der Waals surface area contributed by atoms with Crippen LogP contribution in [0.2, 0.25) is 0 Å². The Hall–Kier alpha value is 0.780. The molecule has 0 aromatic carbocycles. The number of unbranched alkanes of at least 4 members (excludes halogenated alkanes) is 15. The Balaban J connectivity index is 0. The first kappa shape index (κ1) is 29.0. The summed E-state index contributed by atoms with van der Waals surface area (Å²) in [4.78, 5) is 10.8. The molecule has 2 N–H and O–H groups in total. The fourth-order valence-electron chi connectivity index (χ4n) is 3.18.